The van der Waals surface area contributed by atoms with Crippen LogP contribution in [0.5, 0.6) is 5.75 Å². The Morgan fingerprint density at radius 3 is 1.98 bits per heavy atom. The lowest BCUT2D eigenvalue weighted by molar-refractivity contribution is -0.384. The predicted octanol–water partition coefficient (Wildman–Crippen LogP) is 8.50. The zero-order chi connectivity index (χ0) is 30.1. The fourth-order valence-corrected chi connectivity index (χ4v) is 6.30. The summed E-state index contributed by atoms with van der Waals surface area (Å²) >= 11 is 0. The van der Waals surface area contributed by atoms with Crippen molar-refractivity contribution in [1.29, 1.82) is 0 Å². The molecule has 0 fully saturated rings. The van der Waals surface area contributed by atoms with Gasteiger partial charge in [0, 0.05) is 34.0 Å². The number of pyridine rings is 1. The van der Waals surface area contributed by atoms with Gasteiger partial charge in [-0.2, -0.15) is 0 Å². The molecule has 1 aliphatic heterocycles. The number of non-ortho nitro benzene ring substituents is 1. The highest BCUT2D eigenvalue weighted by atomic mass is 16.6. The highest BCUT2D eigenvalue weighted by molar-refractivity contribution is 6.04. The van der Waals surface area contributed by atoms with Gasteiger partial charge in [0.05, 0.1) is 16.7 Å². The third-order valence-electron chi connectivity index (χ3n) is 8.31. The second kappa shape index (κ2) is 9.41. The molecule has 1 aromatic heterocycles. The van der Waals surface area contributed by atoms with Crippen LogP contribution < -0.4 is 5.56 Å². The third-order valence-corrected chi connectivity index (χ3v) is 8.31. The van der Waals surface area contributed by atoms with E-state index in [1.807, 2.05) is 65.2 Å². The van der Waals surface area contributed by atoms with Gasteiger partial charge in [-0.1, -0.05) is 96.1 Å². The van der Waals surface area contributed by atoms with Crippen molar-refractivity contribution < 1.29 is 10.0 Å². The van der Waals surface area contributed by atoms with Crippen LogP contribution in [0.2, 0.25) is 0 Å². The van der Waals surface area contributed by atoms with Crippen molar-refractivity contribution in [3.8, 4) is 28.1 Å². The van der Waals surface area contributed by atoms with Crippen molar-refractivity contribution in [2.24, 2.45) is 0 Å². The number of hydrogen-bond donors (Lipinski definition) is 1. The van der Waals surface area contributed by atoms with Gasteiger partial charge in [-0.15, -0.1) is 0 Å². The average Bonchev–Trinajstić information content (AvgIpc) is 3.28. The standard InChI is InChI=1S/C36H34N2O4/c1-35(2,3)28-18-22(19-29(33(28)39)36(4,5)6)31-24-14-10-11-15-25(24)32-30(21-12-8-7-9-13-21)27-20-23(38(41)42)16-17-26(27)34(40)37(31)32/h7-20,31,39H,1-6H3. The van der Waals surface area contributed by atoms with E-state index >= 15 is 0 Å². The maximum atomic E-state index is 14.5. The summed E-state index contributed by atoms with van der Waals surface area (Å²) in [5, 5.41) is 24.2. The van der Waals surface area contributed by atoms with Gasteiger partial charge in [0.15, 0.2) is 0 Å². The van der Waals surface area contributed by atoms with Crippen molar-refractivity contribution in [2.75, 3.05) is 0 Å². The van der Waals surface area contributed by atoms with Gasteiger partial charge in [0.25, 0.3) is 11.2 Å². The van der Waals surface area contributed by atoms with E-state index < -0.39 is 11.0 Å². The van der Waals surface area contributed by atoms with Gasteiger partial charge < -0.3 is 5.11 Å². The molecule has 0 radical (unpaired) electrons. The molecule has 0 amide bonds. The van der Waals surface area contributed by atoms with Crippen LogP contribution in [0.3, 0.4) is 0 Å². The number of aromatic hydroxyl groups is 1. The van der Waals surface area contributed by atoms with E-state index in [9.17, 15) is 20.0 Å². The minimum atomic E-state index is -0.450. The summed E-state index contributed by atoms with van der Waals surface area (Å²) in [6.07, 6.45) is 0. The number of benzene rings is 4. The van der Waals surface area contributed by atoms with Crippen molar-refractivity contribution >= 4 is 16.5 Å². The third kappa shape index (κ3) is 4.21. The number of rotatable bonds is 3. The first-order valence-electron chi connectivity index (χ1n) is 14.2. The fraction of sp³-hybridized carbons (Fsp3) is 0.250. The molecule has 0 bridgehead atoms. The van der Waals surface area contributed by atoms with E-state index in [1.165, 1.54) is 12.1 Å². The van der Waals surface area contributed by atoms with Gasteiger partial charge in [-0.25, -0.2) is 0 Å². The Balaban J connectivity index is 1.79. The Labute approximate surface area is 245 Å². The lowest BCUT2D eigenvalue weighted by atomic mass is 9.77. The summed E-state index contributed by atoms with van der Waals surface area (Å²) in [6.45, 7) is 12.5. The van der Waals surface area contributed by atoms with Crippen molar-refractivity contribution in [3.05, 3.63) is 128 Å². The van der Waals surface area contributed by atoms with E-state index in [1.54, 1.807) is 6.07 Å². The first-order valence-corrected chi connectivity index (χ1v) is 14.2. The fourth-order valence-electron chi connectivity index (χ4n) is 6.30. The molecule has 1 aliphatic rings. The van der Waals surface area contributed by atoms with E-state index in [0.29, 0.717) is 10.8 Å². The van der Waals surface area contributed by atoms with Gasteiger partial charge in [0.1, 0.15) is 5.75 Å². The number of aromatic nitrogens is 1. The van der Waals surface area contributed by atoms with Gasteiger partial charge >= 0.3 is 0 Å². The predicted molar refractivity (Wildman–Crippen MR) is 168 cm³/mol. The molecular formula is C36H34N2O4. The molecule has 4 aromatic carbocycles. The van der Waals surface area contributed by atoms with Gasteiger partial charge in [0.2, 0.25) is 0 Å². The van der Waals surface area contributed by atoms with Crippen molar-refractivity contribution in [2.45, 2.75) is 58.4 Å². The Morgan fingerprint density at radius 2 is 1.38 bits per heavy atom. The van der Waals surface area contributed by atoms with Crippen LogP contribution in [0.4, 0.5) is 5.69 Å². The zero-order valence-corrected chi connectivity index (χ0v) is 24.7. The van der Waals surface area contributed by atoms with Gasteiger partial charge in [-0.05, 0) is 56.8 Å². The highest BCUT2D eigenvalue weighted by Gasteiger charge is 2.37. The SMILES string of the molecule is CC(C)(C)c1cc(C2c3ccccc3-c3c(-c4ccccc4)c4cc([N+](=O)[O-])ccc4c(=O)n32)cc(C(C)(C)C)c1O. The molecular weight excluding hydrogens is 524 g/mol. The summed E-state index contributed by atoms with van der Waals surface area (Å²) in [5.41, 5.74) is 5.89. The Bertz CT molecular complexity index is 1920. The number of fused-ring (bicyclic) bond motifs is 4. The second-order valence-electron chi connectivity index (χ2n) is 13.2. The summed E-state index contributed by atoms with van der Waals surface area (Å²) < 4.78 is 1.85. The average molecular weight is 559 g/mol. The molecule has 1 unspecified atom stereocenters. The number of hydrogen-bond acceptors (Lipinski definition) is 4. The molecule has 2 heterocycles. The summed E-state index contributed by atoms with van der Waals surface area (Å²) in [4.78, 5) is 25.9. The minimum Gasteiger partial charge on any atom is -0.507 e. The summed E-state index contributed by atoms with van der Waals surface area (Å²) in [5.74, 6) is 0.286. The van der Waals surface area contributed by atoms with Crippen LogP contribution in [-0.2, 0) is 10.8 Å². The molecule has 1 N–H and O–H groups in total. The van der Waals surface area contributed by atoms with E-state index in [-0.39, 0.29) is 27.8 Å². The second-order valence-corrected chi connectivity index (χ2v) is 13.2. The first kappa shape index (κ1) is 27.5. The van der Waals surface area contributed by atoms with E-state index in [4.69, 9.17) is 0 Å². The molecule has 0 saturated heterocycles. The molecule has 6 nitrogen and oxygen atoms in total. The van der Waals surface area contributed by atoms with Gasteiger partial charge in [-0.3, -0.25) is 19.5 Å². The molecule has 5 aromatic rings. The number of nitrogens with zero attached hydrogens (tertiary/aromatic N) is 2. The largest absolute Gasteiger partial charge is 0.507 e. The lowest BCUT2D eigenvalue weighted by Gasteiger charge is -2.30. The Morgan fingerprint density at radius 1 is 0.786 bits per heavy atom. The molecule has 42 heavy (non-hydrogen) atoms. The van der Waals surface area contributed by atoms with E-state index in [2.05, 4.69) is 47.6 Å². The number of nitro groups is 1. The molecule has 212 valence electrons. The lowest BCUT2D eigenvalue weighted by Crippen LogP contribution is -2.26. The van der Waals surface area contributed by atoms with Crippen LogP contribution in [0.1, 0.15) is 69.8 Å². The smallest absolute Gasteiger partial charge is 0.270 e. The number of nitro benzene ring substituents is 1. The van der Waals surface area contributed by atoms with Crippen molar-refractivity contribution in [3.63, 3.8) is 0 Å². The molecule has 6 rings (SSSR count). The summed E-state index contributed by atoms with van der Waals surface area (Å²) in [6, 6.07) is 25.9. The maximum absolute atomic E-state index is 14.5. The molecule has 1 atom stereocenters. The Hall–Kier alpha value is -4.71. The van der Waals surface area contributed by atoms with Crippen molar-refractivity contribution in [1.82, 2.24) is 4.57 Å². The number of phenolic OH excluding ortho intramolecular Hbond substituents is 1. The summed E-state index contributed by atoms with van der Waals surface area (Å²) in [7, 11) is 0. The van der Waals surface area contributed by atoms with E-state index in [0.717, 1.165) is 44.6 Å². The molecule has 0 saturated carbocycles. The molecule has 0 spiro atoms. The topological polar surface area (TPSA) is 85.4 Å². The van der Waals surface area contributed by atoms with Crippen LogP contribution in [0.25, 0.3) is 33.2 Å². The van der Waals surface area contributed by atoms with Crippen LogP contribution in [0, 0.1) is 10.1 Å². The Kier molecular flexibility index (Phi) is 6.15. The monoisotopic (exact) mass is 558 g/mol. The highest BCUT2D eigenvalue weighted by Crippen LogP contribution is 2.50. The minimum absolute atomic E-state index is 0.0602. The van der Waals surface area contributed by atoms with Crippen LogP contribution >= 0.6 is 0 Å². The maximum Gasteiger partial charge on any atom is 0.270 e. The first-order chi connectivity index (χ1) is 19.8. The molecule has 0 aliphatic carbocycles. The normalized spacial score (nSPS) is 14.6. The zero-order valence-electron chi connectivity index (χ0n) is 24.7. The quantitative estimate of drug-likeness (QED) is 0.174. The molecule has 6 heteroatoms. The number of phenols is 1. The van der Waals surface area contributed by atoms with Crippen LogP contribution in [-0.4, -0.2) is 14.6 Å². The van der Waals surface area contributed by atoms with Crippen LogP contribution in [0.15, 0.2) is 89.7 Å².